The zero-order chi connectivity index (χ0) is 40.4. The van der Waals surface area contributed by atoms with Gasteiger partial charge in [-0.05, 0) is 62.1 Å². The van der Waals surface area contributed by atoms with Gasteiger partial charge in [-0.2, -0.15) is 0 Å². The van der Waals surface area contributed by atoms with Gasteiger partial charge < -0.3 is 19.3 Å². The topological polar surface area (TPSA) is 74.6 Å². The number of rotatable bonds is 12. The van der Waals surface area contributed by atoms with Crippen molar-refractivity contribution in [1.29, 1.82) is 0 Å². The zero-order valence-electron chi connectivity index (χ0n) is 32.1. The molecule has 0 aromatic heterocycles. The molecule has 0 aliphatic rings. The first-order chi connectivity index (χ1) is 26.7. The van der Waals surface area contributed by atoms with Gasteiger partial charge in [-0.3, -0.25) is 0 Å². The van der Waals surface area contributed by atoms with Crippen LogP contribution >= 0.6 is 37.5 Å². The lowest BCUT2D eigenvalue weighted by molar-refractivity contribution is 0.133. The quantitative estimate of drug-likeness (QED) is 0.0952. The number of halogens is 2. The van der Waals surface area contributed by atoms with Crippen molar-refractivity contribution in [2.45, 2.75) is 50.7 Å². The molecule has 0 spiro atoms. The average molecular weight is 822 g/mol. The lowest BCUT2D eigenvalue weighted by atomic mass is 10.0. The molecule has 288 valence electrons. The second kappa shape index (κ2) is 18.8. The molecule has 0 radical (unpaired) electrons. The van der Waals surface area contributed by atoms with Gasteiger partial charge in [0.25, 0.3) is 0 Å². The van der Waals surface area contributed by atoms with Crippen LogP contribution in [0.1, 0.15) is 49.9 Å². The Kier molecular flexibility index (Phi) is 14.4. The molecule has 0 fully saturated rings. The molecule has 4 nitrogen and oxygen atoms in total. The van der Waals surface area contributed by atoms with Gasteiger partial charge in [0.2, 0.25) is 0 Å². The van der Waals surface area contributed by atoms with Gasteiger partial charge >= 0.3 is 0 Å². The molecule has 2 N–H and O–H groups in total. The molecule has 0 amide bonds. The van der Waals surface area contributed by atoms with E-state index in [1.165, 1.54) is 0 Å². The van der Waals surface area contributed by atoms with E-state index in [4.69, 9.17) is 23.2 Å². The fraction of sp³-hybridized carbons (Fsp3) is 0.167. The minimum absolute atomic E-state index is 0.295. The molecule has 56 heavy (non-hydrogen) atoms. The summed E-state index contributed by atoms with van der Waals surface area (Å²) >= 11 is 12.4. The molecule has 0 bridgehead atoms. The van der Waals surface area contributed by atoms with Gasteiger partial charge in [0.1, 0.15) is 0 Å². The van der Waals surface area contributed by atoms with Crippen molar-refractivity contribution in [1.82, 2.24) is 0 Å². The highest BCUT2D eigenvalue weighted by Gasteiger charge is 2.36. The van der Waals surface area contributed by atoms with E-state index in [1.54, 1.807) is 39.8 Å². The first-order valence-corrected chi connectivity index (χ1v) is 22.8. The van der Waals surface area contributed by atoms with E-state index < -0.39 is 25.5 Å². The molecular weight excluding hydrogens is 773 g/mol. The number of hydrogen-bond donors (Lipinski definition) is 2. The molecule has 0 heterocycles. The van der Waals surface area contributed by atoms with Crippen LogP contribution in [0.3, 0.4) is 0 Å². The summed E-state index contributed by atoms with van der Waals surface area (Å²) in [6, 6.07) is 53.2. The highest BCUT2D eigenvalue weighted by atomic mass is 35.5. The molecular formula is C48H48Cl2O4P2. The maximum absolute atomic E-state index is 14.8. The Labute approximate surface area is 341 Å². The van der Waals surface area contributed by atoms with Gasteiger partial charge in [0.05, 0.1) is 11.2 Å². The van der Waals surface area contributed by atoms with Crippen LogP contribution in [0, 0.1) is 0 Å². The second-order valence-corrected chi connectivity index (χ2v) is 20.5. The Morgan fingerprint density at radius 1 is 0.446 bits per heavy atom. The van der Waals surface area contributed by atoms with Crippen molar-refractivity contribution in [3.63, 3.8) is 0 Å². The van der Waals surface area contributed by atoms with Crippen LogP contribution in [0.25, 0.3) is 10.6 Å². The van der Waals surface area contributed by atoms with Crippen LogP contribution in [-0.2, 0) is 20.9 Å². The summed E-state index contributed by atoms with van der Waals surface area (Å²) in [6.45, 7) is 6.76. The van der Waals surface area contributed by atoms with E-state index in [1.807, 2.05) is 170 Å². The van der Waals surface area contributed by atoms with Gasteiger partial charge in [-0.15, -0.1) is 23.2 Å². The maximum atomic E-state index is 14.8. The minimum atomic E-state index is -3.25. The third-order valence-electron chi connectivity index (χ3n) is 9.01. The van der Waals surface area contributed by atoms with Crippen molar-refractivity contribution >= 4 is 69.3 Å². The SMILES string of the molecule is CC(C)(O)/C=C(/c1ccccc1CCl)P(=O)(c1ccccc1)c1ccccc1.CC(C)(O)/C=C(/c1ccccc1CCl)P(=O)(c1ccccc1)c1ccccc1. The molecule has 0 atom stereocenters. The Morgan fingerprint density at radius 2 is 0.679 bits per heavy atom. The molecule has 0 unspecified atom stereocenters. The highest BCUT2D eigenvalue weighted by molar-refractivity contribution is 7.88. The molecule has 0 aliphatic heterocycles. The minimum Gasteiger partial charge on any atom is -0.386 e. The van der Waals surface area contributed by atoms with E-state index in [9.17, 15) is 19.3 Å². The molecule has 0 aliphatic carbocycles. The summed E-state index contributed by atoms with van der Waals surface area (Å²) in [5.41, 5.74) is 1.08. The highest BCUT2D eigenvalue weighted by Crippen LogP contribution is 2.59. The van der Waals surface area contributed by atoms with Crippen molar-refractivity contribution in [2.24, 2.45) is 0 Å². The third-order valence-corrected chi connectivity index (χ3v) is 15.8. The normalized spacial score (nSPS) is 12.8. The van der Waals surface area contributed by atoms with Crippen molar-refractivity contribution in [2.75, 3.05) is 0 Å². The van der Waals surface area contributed by atoms with Gasteiger partial charge in [0, 0.05) is 43.6 Å². The molecule has 6 aromatic rings. The van der Waals surface area contributed by atoms with Crippen LogP contribution in [0.15, 0.2) is 182 Å². The van der Waals surface area contributed by atoms with Crippen molar-refractivity contribution in [3.05, 3.63) is 204 Å². The third kappa shape index (κ3) is 10.2. The largest absolute Gasteiger partial charge is 0.386 e. The summed E-state index contributed by atoms with van der Waals surface area (Å²) < 4.78 is 29.7. The van der Waals surface area contributed by atoms with E-state index in [2.05, 4.69) is 0 Å². The van der Waals surface area contributed by atoms with Crippen LogP contribution < -0.4 is 21.2 Å². The molecule has 0 saturated heterocycles. The summed E-state index contributed by atoms with van der Waals surface area (Å²) in [6.07, 6.45) is 3.42. The van der Waals surface area contributed by atoms with E-state index >= 15 is 0 Å². The van der Waals surface area contributed by atoms with Crippen LogP contribution in [0.5, 0.6) is 0 Å². The molecule has 6 aromatic carbocycles. The monoisotopic (exact) mass is 820 g/mol. The summed E-state index contributed by atoms with van der Waals surface area (Å²) in [5, 5.41) is 25.4. The Bertz CT molecular complexity index is 2090. The van der Waals surface area contributed by atoms with Crippen LogP contribution in [0.2, 0.25) is 0 Å². The lowest BCUT2D eigenvalue weighted by Gasteiger charge is -2.27. The summed E-state index contributed by atoms with van der Waals surface area (Å²) in [7, 11) is -6.50. The van der Waals surface area contributed by atoms with Crippen molar-refractivity contribution in [3.8, 4) is 0 Å². The van der Waals surface area contributed by atoms with Crippen LogP contribution in [-0.4, -0.2) is 21.4 Å². The predicted octanol–water partition coefficient (Wildman–Crippen LogP) is 11.1. The molecule has 8 heteroatoms. The summed E-state index contributed by atoms with van der Waals surface area (Å²) in [5.74, 6) is 0.589. The lowest BCUT2D eigenvalue weighted by Crippen LogP contribution is -2.21. The first kappa shape index (κ1) is 42.9. The van der Waals surface area contributed by atoms with Crippen LogP contribution in [0.4, 0.5) is 0 Å². The standard InChI is InChI=1S/2C24H24ClO2P/c2*1-24(2,26)17-23(22-16-10-9-11-19(22)18-25)28(27,20-12-5-3-6-13-20)21-14-7-4-8-15-21/h2*3-17,26H,18H2,1-2H3/b2*23-17-. The molecule has 6 rings (SSSR count). The van der Waals surface area contributed by atoms with Gasteiger partial charge in [-0.1, -0.05) is 170 Å². The number of hydrogen-bond acceptors (Lipinski definition) is 4. The van der Waals surface area contributed by atoms with Gasteiger partial charge in [-0.25, -0.2) is 0 Å². The fourth-order valence-corrected chi connectivity index (χ4v) is 13.2. The number of benzene rings is 6. The average Bonchev–Trinajstić information content (AvgIpc) is 3.22. The Balaban J connectivity index is 0.000000214. The zero-order valence-corrected chi connectivity index (χ0v) is 35.4. The summed E-state index contributed by atoms with van der Waals surface area (Å²) in [4.78, 5) is 0. The second-order valence-electron chi connectivity index (χ2n) is 14.5. The van der Waals surface area contributed by atoms with Gasteiger partial charge in [0.15, 0.2) is 14.3 Å². The predicted molar refractivity (Wildman–Crippen MR) is 240 cm³/mol. The Morgan fingerprint density at radius 3 is 0.911 bits per heavy atom. The van der Waals surface area contributed by atoms with E-state index in [0.29, 0.717) is 22.4 Å². The van der Waals surface area contributed by atoms with E-state index in [-0.39, 0.29) is 0 Å². The smallest absolute Gasteiger partial charge is 0.171 e. The number of aliphatic hydroxyl groups is 2. The maximum Gasteiger partial charge on any atom is 0.171 e. The fourth-order valence-electron chi connectivity index (χ4n) is 6.53. The molecule has 0 saturated carbocycles. The van der Waals surface area contributed by atoms with E-state index in [0.717, 1.165) is 43.5 Å². The Hall–Kier alpha value is -4.24. The van der Waals surface area contributed by atoms with Crippen molar-refractivity contribution < 1.29 is 19.3 Å². The first-order valence-electron chi connectivity index (χ1n) is 18.3. The number of alkyl halides is 2.